The van der Waals surface area contributed by atoms with Crippen LogP contribution in [-0.2, 0) is 0 Å². The van der Waals surface area contributed by atoms with E-state index in [2.05, 4.69) is 33.1 Å². The quantitative estimate of drug-likeness (QED) is 0.474. The molecule has 3 N–H and O–H groups in total. The van der Waals surface area contributed by atoms with Crippen LogP contribution >= 0.6 is 22.6 Å². The summed E-state index contributed by atoms with van der Waals surface area (Å²) < 4.78 is 11.6. The highest BCUT2D eigenvalue weighted by Crippen LogP contribution is 2.33. The van der Waals surface area contributed by atoms with Gasteiger partial charge >= 0.3 is 6.03 Å². The summed E-state index contributed by atoms with van der Waals surface area (Å²) in [6.07, 6.45) is 1.48. The average molecular weight is 363 g/mol. The van der Waals surface area contributed by atoms with E-state index in [-0.39, 0.29) is 0 Å². The molecular weight excluding hydrogens is 349 g/mol. The number of halogens is 1. The largest absolute Gasteiger partial charge is 0.492 e. The van der Waals surface area contributed by atoms with Crippen molar-refractivity contribution in [2.45, 2.75) is 6.92 Å². The molecule has 0 saturated heterocycles. The molecule has 0 aliphatic rings. The zero-order valence-corrected chi connectivity index (χ0v) is 12.2. The molecule has 0 spiro atoms. The summed E-state index contributed by atoms with van der Waals surface area (Å²) in [7, 11) is 1.59. The van der Waals surface area contributed by atoms with Crippen molar-refractivity contribution >= 4 is 34.8 Å². The number of rotatable bonds is 5. The number of benzene rings is 1. The predicted octanol–water partition coefficient (Wildman–Crippen LogP) is 1.70. The molecule has 0 aliphatic carbocycles. The fourth-order valence-corrected chi connectivity index (χ4v) is 2.14. The lowest BCUT2D eigenvalue weighted by atomic mass is 10.2. The highest BCUT2D eigenvalue weighted by atomic mass is 127. The molecule has 0 heterocycles. The lowest BCUT2D eigenvalue weighted by Crippen LogP contribution is -2.24. The Kier molecular flexibility index (Phi) is 5.69. The van der Waals surface area contributed by atoms with Gasteiger partial charge in [-0.25, -0.2) is 10.2 Å². The molecule has 0 fully saturated rings. The van der Waals surface area contributed by atoms with Crippen LogP contribution in [-0.4, -0.2) is 26.0 Å². The third-order valence-electron chi connectivity index (χ3n) is 1.92. The summed E-state index contributed by atoms with van der Waals surface area (Å²) in [6.45, 7) is 2.42. The smallest absolute Gasteiger partial charge is 0.332 e. The Bertz CT molecular complexity index is 463. The van der Waals surface area contributed by atoms with Crippen molar-refractivity contribution in [3.8, 4) is 11.5 Å². The van der Waals surface area contributed by atoms with E-state index in [1.807, 2.05) is 13.0 Å². The molecule has 6 nitrogen and oxygen atoms in total. The fourth-order valence-electron chi connectivity index (χ4n) is 1.29. The van der Waals surface area contributed by atoms with Gasteiger partial charge in [0.25, 0.3) is 0 Å². The second-order valence-electron chi connectivity index (χ2n) is 3.20. The van der Waals surface area contributed by atoms with Crippen LogP contribution < -0.4 is 20.6 Å². The number of carbonyl (C=O) groups is 1. The van der Waals surface area contributed by atoms with Crippen LogP contribution in [0.4, 0.5) is 4.79 Å². The molecular formula is C11H14IN3O3. The number of hydrogen-bond acceptors (Lipinski definition) is 4. The number of nitrogens with two attached hydrogens (primary N) is 1. The highest BCUT2D eigenvalue weighted by Gasteiger charge is 2.10. The van der Waals surface area contributed by atoms with Gasteiger partial charge in [-0.15, -0.1) is 0 Å². The van der Waals surface area contributed by atoms with Crippen LogP contribution in [0.25, 0.3) is 0 Å². The van der Waals surface area contributed by atoms with Crippen LogP contribution in [0.1, 0.15) is 12.5 Å². The van der Waals surface area contributed by atoms with Crippen molar-refractivity contribution < 1.29 is 14.3 Å². The first kappa shape index (κ1) is 14.6. The van der Waals surface area contributed by atoms with Gasteiger partial charge in [-0.2, -0.15) is 5.10 Å². The van der Waals surface area contributed by atoms with E-state index >= 15 is 0 Å². The first-order chi connectivity index (χ1) is 8.58. The van der Waals surface area contributed by atoms with Crippen molar-refractivity contribution in [3.05, 3.63) is 21.3 Å². The highest BCUT2D eigenvalue weighted by molar-refractivity contribution is 14.1. The van der Waals surface area contributed by atoms with Crippen molar-refractivity contribution in [3.63, 3.8) is 0 Å². The van der Waals surface area contributed by atoms with Crippen LogP contribution in [0.3, 0.4) is 0 Å². The molecule has 0 bridgehead atoms. The molecule has 0 atom stereocenters. The minimum Gasteiger partial charge on any atom is -0.492 e. The zero-order valence-electron chi connectivity index (χ0n) is 10.1. The number of nitrogens with one attached hydrogen (secondary N) is 1. The number of urea groups is 1. The molecule has 1 rings (SSSR count). The van der Waals surface area contributed by atoms with Gasteiger partial charge in [-0.05, 0) is 47.2 Å². The van der Waals surface area contributed by atoms with Crippen LogP contribution in [0, 0.1) is 3.57 Å². The van der Waals surface area contributed by atoms with Crippen LogP contribution in [0.5, 0.6) is 11.5 Å². The molecule has 98 valence electrons. The Labute approximate surface area is 119 Å². The summed E-state index contributed by atoms with van der Waals surface area (Å²) in [6, 6.07) is 2.92. The van der Waals surface area contributed by atoms with Gasteiger partial charge < -0.3 is 15.2 Å². The number of amides is 2. The second kappa shape index (κ2) is 7.04. The van der Waals surface area contributed by atoms with E-state index in [4.69, 9.17) is 15.2 Å². The van der Waals surface area contributed by atoms with Crippen molar-refractivity contribution in [1.82, 2.24) is 5.43 Å². The number of primary amides is 1. The first-order valence-electron chi connectivity index (χ1n) is 5.17. The standard InChI is InChI=1S/C11H14IN3O3/c1-3-18-9-5-7(6-14-15-11(13)16)4-8(12)10(9)17-2/h4-6H,3H2,1-2H3,(H3,13,15,16)/b14-6-. The summed E-state index contributed by atoms with van der Waals surface area (Å²) >= 11 is 2.14. The second-order valence-corrected chi connectivity index (χ2v) is 4.36. The molecule has 0 aliphatic heterocycles. The van der Waals surface area contributed by atoms with Gasteiger partial charge in [0.05, 0.1) is 23.5 Å². The molecule has 0 radical (unpaired) electrons. The number of hydrogen-bond donors (Lipinski definition) is 2. The van der Waals surface area contributed by atoms with E-state index in [9.17, 15) is 4.79 Å². The van der Waals surface area contributed by atoms with Crippen molar-refractivity contribution in [2.24, 2.45) is 10.8 Å². The van der Waals surface area contributed by atoms with Crippen molar-refractivity contribution in [2.75, 3.05) is 13.7 Å². The number of carbonyl (C=O) groups excluding carboxylic acids is 1. The number of hydrazone groups is 1. The van der Waals surface area contributed by atoms with Gasteiger partial charge in [0, 0.05) is 0 Å². The normalized spacial score (nSPS) is 10.4. The Morgan fingerprint density at radius 2 is 2.33 bits per heavy atom. The lowest BCUT2D eigenvalue weighted by Gasteiger charge is -2.11. The number of methoxy groups -OCH3 is 1. The van der Waals surface area contributed by atoms with Gasteiger partial charge in [0.1, 0.15) is 0 Å². The molecule has 0 saturated carbocycles. The number of ether oxygens (including phenoxy) is 2. The topological polar surface area (TPSA) is 85.9 Å². The Morgan fingerprint density at radius 3 is 2.89 bits per heavy atom. The van der Waals surface area contributed by atoms with E-state index in [0.29, 0.717) is 18.1 Å². The molecule has 1 aromatic rings. The summed E-state index contributed by atoms with van der Waals surface area (Å²) in [5, 5.41) is 3.69. The SMILES string of the molecule is CCOc1cc(/C=N\NC(N)=O)cc(I)c1OC. The average Bonchev–Trinajstić information content (AvgIpc) is 2.28. The van der Waals surface area contributed by atoms with E-state index in [1.54, 1.807) is 13.2 Å². The van der Waals surface area contributed by atoms with E-state index < -0.39 is 6.03 Å². The lowest BCUT2D eigenvalue weighted by molar-refractivity contribution is 0.249. The maximum Gasteiger partial charge on any atom is 0.332 e. The third-order valence-corrected chi connectivity index (χ3v) is 2.73. The van der Waals surface area contributed by atoms with E-state index in [1.165, 1.54) is 6.21 Å². The minimum atomic E-state index is -0.709. The molecule has 1 aromatic carbocycles. The molecule has 0 aromatic heterocycles. The fraction of sp³-hybridized carbons (Fsp3) is 0.273. The predicted molar refractivity (Wildman–Crippen MR) is 77.2 cm³/mol. The van der Waals surface area contributed by atoms with Gasteiger partial charge in [-0.3, -0.25) is 0 Å². The zero-order chi connectivity index (χ0) is 13.5. The first-order valence-corrected chi connectivity index (χ1v) is 6.25. The van der Waals surface area contributed by atoms with Gasteiger partial charge in [0.15, 0.2) is 11.5 Å². The summed E-state index contributed by atoms with van der Waals surface area (Å²) in [4.78, 5) is 10.5. The molecule has 2 amide bonds. The Hall–Kier alpha value is -1.51. The van der Waals surface area contributed by atoms with E-state index in [0.717, 1.165) is 9.13 Å². The van der Waals surface area contributed by atoms with Gasteiger partial charge in [0.2, 0.25) is 0 Å². The maximum absolute atomic E-state index is 10.5. The summed E-state index contributed by atoms with van der Waals surface area (Å²) in [5.41, 5.74) is 7.80. The Balaban J connectivity index is 3.00. The van der Waals surface area contributed by atoms with Crippen LogP contribution in [0.2, 0.25) is 0 Å². The minimum absolute atomic E-state index is 0.534. The Morgan fingerprint density at radius 1 is 1.61 bits per heavy atom. The maximum atomic E-state index is 10.5. The van der Waals surface area contributed by atoms with Crippen molar-refractivity contribution in [1.29, 1.82) is 0 Å². The molecule has 7 heteroatoms. The molecule has 0 unspecified atom stereocenters. The third kappa shape index (κ3) is 4.06. The monoisotopic (exact) mass is 363 g/mol. The molecule has 18 heavy (non-hydrogen) atoms. The number of nitrogens with zero attached hydrogens (tertiary/aromatic N) is 1. The van der Waals surface area contributed by atoms with Crippen LogP contribution in [0.15, 0.2) is 17.2 Å². The van der Waals surface area contributed by atoms with Gasteiger partial charge in [-0.1, -0.05) is 0 Å². The summed E-state index contributed by atoms with van der Waals surface area (Å²) in [5.74, 6) is 1.31.